The summed E-state index contributed by atoms with van der Waals surface area (Å²) in [6.45, 7) is 1.14. The molecule has 1 atom stereocenters. The van der Waals surface area contributed by atoms with E-state index in [0.29, 0.717) is 32.4 Å². The molecule has 0 spiro atoms. The van der Waals surface area contributed by atoms with E-state index in [4.69, 9.17) is 4.74 Å². The van der Waals surface area contributed by atoms with Gasteiger partial charge in [0.05, 0.1) is 17.9 Å². The van der Waals surface area contributed by atoms with Crippen molar-refractivity contribution in [2.24, 2.45) is 13.0 Å². The largest absolute Gasteiger partial charge is 0.497 e. The monoisotopic (exact) mass is 455 g/mol. The molecule has 1 fully saturated rings. The van der Waals surface area contributed by atoms with Crippen LogP contribution in [0, 0.1) is 5.92 Å². The molecule has 7 nitrogen and oxygen atoms in total. The van der Waals surface area contributed by atoms with Gasteiger partial charge in [-0.3, -0.25) is 4.79 Å². The Hall–Kier alpha value is -2.84. The number of nitrogens with one attached hydrogen (secondary N) is 1. The topological polar surface area (TPSA) is 80.6 Å². The van der Waals surface area contributed by atoms with Crippen molar-refractivity contribution in [1.29, 1.82) is 0 Å². The van der Waals surface area contributed by atoms with Crippen LogP contribution in [0.25, 0.3) is 10.9 Å². The molecule has 32 heavy (non-hydrogen) atoms. The van der Waals surface area contributed by atoms with Gasteiger partial charge in [-0.05, 0) is 61.2 Å². The van der Waals surface area contributed by atoms with Crippen molar-refractivity contribution in [3.63, 3.8) is 0 Å². The number of fused-ring (bicyclic) bond motifs is 1. The number of carbonyl (C=O) groups excluding carboxylic acids is 1. The molecule has 1 amide bonds. The van der Waals surface area contributed by atoms with Crippen LogP contribution in [-0.2, 0) is 28.3 Å². The van der Waals surface area contributed by atoms with Crippen LogP contribution in [0.4, 0.5) is 0 Å². The first-order valence-electron chi connectivity index (χ1n) is 10.8. The second-order valence-electron chi connectivity index (χ2n) is 8.24. The van der Waals surface area contributed by atoms with Crippen LogP contribution in [0.15, 0.2) is 59.6 Å². The highest BCUT2D eigenvalue weighted by molar-refractivity contribution is 7.89. The highest BCUT2D eigenvalue weighted by Crippen LogP contribution is 2.26. The fraction of sp³-hybridized carbons (Fsp3) is 0.375. The number of aryl methyl sites for hydroxylation is 1. The van der Waals surface area contributed by atoms with Crippen molar-refractivity contribution < 1.29 is 17.9 Å². The zero-order valence-electron chi connectivity index (χ0n) is 18.5. The summed E-state index contributed by atoms with van der Waals surface area (Å²) in [6.07, 6.45) is 3.96. The minimum Gasteiger partial charge on any atom is -0.497 e. The fourth-order valence-corrected chi connectivity index (χ4v) is 5.81. The summed E-state index contributed by atoms with van der Waals surface area (Å²) in [5.41, 5.74) is 2.06. The normalized spacial score (nSPS) is 17.4. The third-order valence-corrected chi connectivity index (χ3v) is 7.96. The van der Waals surface area contributed by atoms with Crippen LogP contribution in [0.2, 0.25) is 0 Å². The summed E-state index contributed by atoms with van der Waals surface area (Å²) < 4.78 is 35.1. The van der Waals surface area contributed by atoms with E-state index >= 15 is 0 Å². The van der Waals surface area contributed by atoms with Gasteiger partial charge in [0.25, 0.3) is 0 Å². The molecule has 0 unspecified atom stereocenters. The van der Waals surface area contributed by atoms with Gasteiger partial charge in [-0.2, -0.15) is 4.31 Å². The van der Waals surface area contributed by atoms with Crippen LogP contribution >= 0.6 is 0 Å². The number of carbonyl (C=O) groups is 1. The van der Waals surface area contributed by atoms with Gasteiger partial charge >= 0.3 is 0 Å². The molecular weight excluding hydrogens is 426 g/mol. The van der Waals surface area contributed by atoms with Crippen LogP contribution in [0.5, 0.6) is 5.75 Å². The molecule has 0 aliphatic carbocycles. The number of nitrogens with zero attached hydrogens (tertiary/aromatic N) is 2. The summed E-state index contributed by atoms with van der Waals surface area (Å²) in [7, 11) is -0.0958. The highest BCUT2D eigenvalue weighted by Gasteiger charge is 2.33. The van der Waals surface area contributed by atoms with Crippen molar-refractivity contribution in [3.05, 3.63) is 60.3 Å². The molecule has 1 N–H and O–H groups in total. The molecule has 1 aliphatic heterocycles. The van der Waals surface area contributed by atoms with E-state index in [1.807, 2.05) is 54.2 Å². The molecule has 1 aliphatic rings. The lowest BCUT2D eigenvalue weighted by Gasteiger charge is -2.31. The SMILES string of the molecule is COc1cccc(CCNC(=O)[C@H]2CCCN(S(=O)(=O)c3ccc4c(ccn4C)c3)C2)c1. The van der Waals surface area contributed by atoms with Crippen LogP contribution in [-0.4, -0.2) is 49.9 Å². The van der Waals surface area contributed by atoms with Crippen LogP contribution in [0.1, 0.15) is 18.4 Å². The molecule has 0 radical (unpaired) electrons. The van der Waals surface area contributed by atoms with E-state index < -0.39 is 10.0 Å². The smallest absolute Gasteiger partial charge is 0.243 e. The number of methoxy groups -OCH3 is 1. The molecule has 0 bridgehead atoms. The number of amides is 1. The molecule has 170 valence electrons. The van der Waals surface area contributed by atoms with Crippen molar-refractivity contribution in [2.75, 3.05) is 26.7 Å². The van der Waals surface area contributed by atoms with Gasteiger partial charge in [-0.15, -0.1) is 0 Å². The lowest BCUT2D eigenvalue weighted by Crippen LogP contribution is -2.45. The van der Waals surface area contributed by atoms with Gasteiger partial charge in [0.15, 0.2) is 0 Å². The van der Waals surface area contributed by atoms with Gasteiger partial charge in [-0.25, -0.2) is 8.42 Å². The molecule has 2 heterocycles. The van der Waals surface area contributed by atoms with E-state index in [2.05, 4.69) is 5.32 Å². The second-order valence-corrected chi connectivity index (χ2v) is 10.2. The molecular formula is C24H29N3O4S. The lowest BCUT2D eigenvalue weighted by molar-refractivity contribution is -0.126. The quantitative estimate of drug-likeness (QED) is 0.594. The van der Waals surface area contributed by atoms with Crippen LogP contribution in [0.3, 0.4) is 0 Å². The number of hydrogen-bond donors (Lipinski definition) is 1. The Morgan fingerprint density at radius 2 is 2.03 bits per heavy atom. The molecule has 2 aromatic carbocycles. The molecule has 1 saturated heterocycles. The van der Waals surface area contributed by atoms with Gasteiger partial charge in [0.1, 0.15) is 5.75 Å². The van der Waals surface area contributed by atoms with Gasteiger partial charge in [0, 0.05) is 43.8 Å². The number of ether oxygens (including phenoxy) is 1. The number of sulfonamides is 1. The predicted octanol–water partition coefficient (Wildman–Crippen LogP) is 2.95. The van der Waals surface area contributed by atoms with E-state index in [1.54, 1.807) is 19.2 Å². The Labute approximate surface area is 189 Å². The summed E-state index contributed by atoms with van der Waals surface area (Å²) in [5.74, 6) is 0.353. The van der Waals surface area contributed by atoms with Gasteiger partial charge < -0.3 is 14.6 Å². The number of benzene rings is 2. The third kappa shape index (κ3) is 4.66. The van der Waals surface area contributed by atoms with E-state index in [0.717, 1.165) is 22.2 Å². The maximum absolute atomic E-state index is 13.2. The Morgan fingerprint density at radius 3 is 2.84 bits per heavy atom. The predicted molar refractivity (Wildman–Crippen MR) is 124 cm³/mol. The van der Waals surface area contributed by atoms with Crippen molar-refractivity contribution in [2.45, 2.75) is 24.2 Å². The summed E-state index contributed by atoms with van der Waals surface area (Å²) in [4.78, 5) is 13.0. The van der Waals surface area contributed by atoms with Crippen molar-refractivity contribution in [1.82, 2.24) is 14.2 Å². The van der Waals surface area contributed by atoms with E-state index in [9.17, 15) is 13.2 Å². The summed E-state index contributed by atoms with van der Waals surface area (Å²) in [6, 6.07) is 14.8. The maximum atomic E-state index is 13.2. The van der Waals surface area contributed by atoms with Crippen molar-refractivity contribution in [3.8, 4) is 5.75 Å². The zero-order valence-corrected chi connectivity index (χ0v) is 19.3. The first kappa shape index (κ1) is 22.4. The summed E-state index contributed by atoms with van der Waals surface area (Å²) >= 11 is 0. The average molecular weight is 456 g/mol. The number of hydrogen-bond acceptors (Lipinski definition) is 4. The average Bonchev–Trinajstić information content (AvgIpc) is 3.19. The number of piperidine rings is 1. The molecule has 0 saturated carbocycles. The van der Waals surface area contributed by atoms with E-state index in [-0.39, 0.29) is 23.3 Å². The van der Waals surface area contributed by atoms with Crippen molar-refractivity contribution >= 4 is 26.8 Å². The number of rotatable bonds is 7. The zero-order chi connectivity index (χ0) is 22.7. The molecule has 3 aromatic rings. The fourth-order valence-electron chi connectivity index (χ4n) is 4.25. The number of aromatic nitrogens is 1. The molecule has 8 heteroatoms. The maximum Gasteiger partial charge on any atom is 0.243 e. The van der Waals surface area contributed by atoms with Crippen LogP contribution < -0.4 is 10.1 Å². The molecule has 1 aromatic heterocycles. The standard InChI is InChI=1S/C24H29N3O4S/c1-26-14-11-19-16-22(8-9-23(19)26)32(29,30)27-13-4-6-20(17-27)24(28)25-12-10-18-5-3-7-21(15-18)31-2/h3,5,7-9,11,14-16,20H,4,6,10,12-13,17H2,1-2H3,(H,25,28)/t20-/m0/s1. The van der Waals surface area contributed by atoms with Gasteiger partial charge in [0.2, 0.25) is 15.9 Å². The minimum absolute atomic E-state index is 0.0914. The van der Waals surface area contributed by atoms with E-state index in [1.165, 1.54) is 4.31 Å². The lowest BCUT2D eigenvalue weighted by atomic mass is 9.99. The first-order chi connectivity index (χ1) is 15.4. The Morgan fingerprint density at radius 1 is 1.19 bits per heavy atom. The highest BCUT2D eigenvalue weighted by atomic mass is 32.2. The molecule has 4 rings (SSSR count). The minimum atomic E-state index is -3.65. The Bertz CT molecular complexity index is 1220. The Kier molecular flexibility index (Phi) is 6.53. The Balaban J connectivity index is 1.38. The van der Waals surface area contributed by atoms with Gasteiger partial charge in [-0.1, -0.05) is 12.1 Å². The first-order valence-corrected chi connectivity index (χ1v) is 12.3. The third-order valence-electron chi connectivity index (χ3n) is 6.10. The summed E-state index contributed by atoms with van der Waals surface area (Å²) in [5, 5.41) is 3.86. The second kappa shape index (κ2) is 9.34.